The molecule has 3 aromatic carbocycles. The molecule has 0 aromatic heterocycles. The van der Waals surface area contributed by atoms with E-state index < -0.39 is 0 Å². The molecule has 0 saturated carbocycles. The van der Waals surface area contributed by atoms with Crippen LogP contribution in [0.5, 0.6) is 0 Å². The quantitative estimate of drug-likeness (QED) is 0.498. The summed E-state index contributed by atoms with van der Waals surface area (Å²) in [6.07, 6.45) is 5.88. The number of carbonyl (C=O) groups excluding carboxylic acids is 1. The first kappa shape index (κ1) is 22.7. The maximum absolute atomic E-state index is 12.5. The number of amides is 2. The van der Waals surface area contributed by atoms with Gasteiger partial charge in [-0.15, -0.1) is 0 Å². The summed E-state index contributed by atoms with van der Waals surface area (Å²) in [7, 11) is 0. The lowest BCUT2D eigenvalue weighted by molar-refractivity contribution is 0.114. The third-order valence-electron chi connectivity index (χ3n) is 8.15. The Morgan fingerprint density at radius 3 is 2.24 bits per heavy atom. The Kier molecular flexibility index (Phi) is 6.42. The van der Waals surface area contributed by atoms with Crippen molar-refractivity contribution in [1.29, 1.82) is 0 Å². The Labute approximate surface area is 203 Å². The van der Waals surface area contributed by atoms with Crippen molar-refractivity contribution in [2.45, 2.75) is 50.5 Å². The first-order valence-corrected chi connectivity index (χ1v) is 12.6. The number of rotatable bonds is 6. The number of aryl methyl sites for hydroxylation is 1. The van der Waals surface area contributed by atoms with Gasteiger partial charge < -0.3 is 5.73 Å². The predicted molar refractivity (Wildman–Crippen MR) is 140 cm³/mol. The Morgan fingerprint density at radius 1 is 0.912 bits per heavy atom. The number of benzene rings is 3. The van der Waals surface area contributed by atoms with Crippen LogP contribution in [0.4, 0.5) is 10.5 Å². The van der Waals surface area contributed by atoms with E-state index in [1.165, 1.54) is 31.2 Å². The van der Waals surface area contributed by atoms with Gasteiger partial charge in [0, 0.05) is 18.3 Å². The minimum absolute atomic E-state index is 0.301. The molecular formula is C30H35N3O. The monoisotopic (exact) mass is 453 g/mol. The molecule has 176 valence electrons. The topological polar surface area (TPSA) is 49.6 Å². The van der Waals surface area contributed by atoms with Gasteiger partial charge in [-0.2, -0.15) is 0 Å². The number of urea groups is 1. The zero-order valence-corrected chi connectivity index (χ0v) is 20.1. The lowest BCUT2D eigenvalue weighted by Gasteiger charge is -2.44. The van der Waals surface area contributed by atoms with Gasteiger partial charge in [0.25, 0.3) is 0 Å². The summed E-state index contributed by atoms with van der Waals surface area (Å²) in [6, 6.07) is 27.4. The molecule has 4 nitrogen and oxygen atoms in total. The fraction of sp³-hybridized carbons (Fsp3) is 0.367. The predicted octanol–water partition coefficient (Wildman–Crippen LogP) is 6.00. The molecular weight excluding hydrogens is 418 g/mol. The molecule has 1 spiro atoms. The van der Waals surface area contributed by atoms with Gasteiger partial charge >= 0.3 is 6.03 Å². The van der Waals surface area contributed by atoms with E-state index in [1.54, 1.807) is 16.0 Å². The number of hydrogen-bond donors (Lipinski definition) is 1. The second kappa shape index (κ2) is 9.63. The summed E-state index contributed by atoms with van der Waals surface area (Å²) < 4.78 is 0. The normalized spacial score (nSPS) is 17.9. The summed E-state index contributed by atoms with van der Waals surface area (Å²) in [5.74, 6) is 0. The van der Waals surface area contributed by atoms with Crippen LogP contribution in [0.2, 0.25) is 0 Å². The number of fused-ring (bicyclic) bond motifs is 2. The molecule has 2 amide bonds. The molecule has 1 aliphatic heterocycles. The molecule has 0 radical (unpaired) electrons. The fourth-order valence-electron chi connectivity index (χ4n) is 6.10. The summed E-state index contributed by atoms with van der Waals surface area (Å²) in [5.41, 5.74) is 12.5. The summed E-state index contributed by atoms with van der Waals surface area (Å²) in [6.45, 7) is 5.00. The van der Waals surface area contributed by atoms with Gasteiger partial charge in [-0.3, -0.25) is 9.80 Å². The van der Waals surface area contributed by atoms with Crippen LogP contribution in [-0.4, -0.2) is 36.6 Å². The number of carbonyl (C=O) groups is 1. The Balaban J connectivity index is 1.27. The van der Waals surface area contributed by atoms with Gasteiger partial charge in [-0.1, -0.05) is 73.7 Å². The van der Waals surface area contributed by atoms with Crippen LogP contribution in [0.3, 0.4) is 0 Å². The summed E-state index contributed by atoms with van der Waals surface area (Å²) in [4.78, 5) is 16.8. The Bertz CT molecular complexity index is 1120. The number of anilines is 1. The minimum atomic E-state index is -0.385. The smallest absolute Gasteiger partial charge is 0.319 e. The largest absolute Gasteiger partial charge is 0.351 e. The standard InChI is InChI=1S/C30H35N3O/c1-2-26(32-20-18-30(19-21-32)17-16-25-10-6-7-11-28(25)30)22-33(29(31)34)27-14-12-24(13-15-27)23-8-4-3-5-9-23/h3-15,26H,2,16-22H2,1H3,(H2,31,34). The number of nitrogens with zero attached hydrogens (tertiary/aromatic N) is 2. The van der Waals surface area contributed by atoms with Crippen molar-refractivity contribution >= 4 is 11.7 Å². The van der Waals surface area contributed by atoms with Gasteiger partial charge in [0.2, 0.25) is 0 Å². The van der Waals surface area contributed by atoms with E-state index in [2.05, 4.69) is 60.4 Å². The highest BCUT2D eigenvalue weighted by Crippen LogP contribution is 2.46. The third-order valence-corrected chi connectivity index (χ3v) is 8.15. The summed E-state index contributed by atoms with van der Waals surface area (Å²) in [5, 5.41) is 0. The van der Waals surface area contributed by atoms with Crippen LogP contribution in [0.25, 0.3) is 11.1 Å². The van der Waals surface area contributed by atoms with Crippen molar-refractivity contribution in [2.24, 2.45) is 5.73 Å². The molecule has 5 rings (SSSR count). The van der Waals surface area contributed by atoms with Gasteiger partial charge in [-0.25, -0.2) is 4.79 Å². The zero-order chi connectivity index (χ0) is 23.5. The van der Waals surface area contributed by atoms with E-state index in [-0.39, 0.29) is 6.03 Å². The van der Waals surface area contributed by atoms with Crippen molar-refractivity contribution in [3.63, 3.8) is 0 Å². The highest BCUT2D eigenvalue weighted by Gasteiger charge is 2.42. The van der Waals surface area contributed by atoms with Crippen LogP contribution >= 0.6 is 0 Å². The molecule has 1 aliphatic carbocycles. The number of likely N-dealkylation sites (tertiary alicyclic amines) is 1. The molecule has 4 heteroatoms. The molecule has 2 N–H and O–H groups in total. The second-order valence-corrected chi connectivity index (χ2v) is 9.90. The van der Waals surface area contributed by atoms with E-state index in [4.69, 9.17) is 5.73 Å². The first-order chi connectivity index (χ1) is 16.6. The fourth-order valence-corrected chi connectivity index (χ4v) is 6.10. The van der Waals surface area contributed by atoms with Gasteiger partial charge in [-0.05, 0) is 85.0 Å². The molecule has 1 unspecified atom stereocenters. The third kappa shape index (κ3) is 4.35. The second-order valence-electron chi connectivity index (χ2n) is 9.90. The van der Waals surface area contributed by atoms with E-state index in [9.17, 15) is 4.79 Å². The molecule has 2 aliphatic rings. The highest BCUT2D eigenvalue weighted by molar-refractivity contribution is 5.91. The average Bonchev–Trinajstić information content (AvgIpc) is 3.24. The van der Waals surface area contributed by atoms with E-state index >= 15 is 0 Å². The first-order valence-electron chi connectivity index (χ1n) is 12.6. The minimum Gasteiger partial charge on any atom is -0.351 e. The van der Waals surface area contributed by atoms with Crippen molar-refractivity contribution in [3.05, 3.63) is 90.0 Å². The van der Waals surface area contributed by atoms with Crippen LogP contribution < -0.4 is 10.6 Å². The molecule has 3 aromatic rings. The Hall–Kier alpha value is -3.11. The number of piperidine rings is 1. The lowest BCUT2D eigenvalue weighted by atomic mass is 9.73. The Morgan fingerprint density at radius 2 is 1.56 bits per heavy atom. The van der Waals surface area contributed by atoms with Crippen molar-refractivity contribution in [2.75, 3.05) is 24.5 Å². The molecule has 1 fully saturated rings. The van der Waals surface area contributed by atoms with E-state index in [0.717, 1.165) is 30.8 Å². The highest BCUT2D eigenvalue weighted by atomic mass is 16.2. The maximum atomic E-state index is 12.5. The SMILES string of the molecule is CCC(CN(C(N)=O)c1ccc(-c2ccccc2)cc1)N1CCC2(CCc3ccccc32)CC1. The molecule has 1 heterocycles. The van der Waals surface area contributed by atoms with Gasteiger partial charge in [0.15, 0.2) is 0 Å². The van der Waals surface area contributed by atoms with Gasteiger partial charge in [0.1, 0.15) is 0 Å². The number of hydrogen-bond acceptors (Lipinski definition) is 2. The van der Waals surface area contributed by atoms with E-state index in [0.29, 0.717) is 18.0 Å². The molecule has 1 saturated heterocycles. The van der Waals surface area contributed by atoms with Crippen molar-refractivity contribution < 1.29 is 4.79 Å². The van der Waals surface area contributed by atoms with Crippen LogP contribution in [-0.2, 0) is 11.8 Å². The average molecular weight is 454 g/mol. The van der Waals surface area contributed by atoms with Crippen molar-refractivity contribution in [1.82, 2.24) is 4.90 Å². The number of nitrogens with two attached hydrogens (primary N) is 1. The van der Waals surface area contributed by atoms with E-state index in [1.807, 2.05) is 30.3 Å². The zero-order valence-electron chi connectivity index (χ0n) is 20.1. The molecule has 0 bridgehead atoms. The molecule has 1 atom stereocenters. The van der Waals surface area contributed by atoms with Gasteiger partial charge in [0.05, 0.1) is 0 Å². The lowest BCUT2D eigenvalue weighted by Crippen LogP contribution is -2.52. The molecule has 34 heavy (non-hydrogen) atoms. The maximum Gasteiger partial charge on any atom is 0.319 e. The van der Waals surface area contributed by atoms with Crippen LogP contribution in [0.1, 0.15) is 43.7 Å². The number of primary amides is 1. The van der Waals surface area contributed by atoms with Crippen molar-refractivity contribution in [3.8, 4) is 11.1 Å². The van der Waals surface area contributed by atoms with Crippen LogP contribution in [0.15, 0.2) is 78.9 Å². The van der Waals surface area contributed by atoms with Crippen LogP contribution in [0, 0.1) is 0 Å². The summed E-state index contributed by atoms with van der Waals surface area (Å²) >= 11 is 0.